The van der Waals surface area contributed by atoms with Crippen LogP contribution in [0, 0.1) is 17.0 Å². The molecule has 0 fully saturated rings. The summed E-state index contributed by atoms with van der Waals surface area (Å²) >= 11 is 1.34. The number of non-ortho nitro benzene ring substituents is 1. The van der Waals surface area contributed by atoms with Crippen LogP contribution in [-0.2, 0) is 0 Å². The number of hydrogen-bond acceptors (Lipinski definition) is 5. The van der Waals surface area contributed by atoms with E-state index in [0.717, 1.165) is 4.88 Å². The standard InChI is InChI=1S/C12H9NO4S/c1-8-2-7-11(18-8)12(14)17-10-5-3-9(4-6-10)13(15)16/h2-7H,1H3. The fourth-order valence-electron chi connectivity index (χ4n) is 1.34. The van der Waals surface area contributed by atoms with Gasteiger partial charge in [0, 0.05) is 17.0 Å². The largest absolute Gasteiger partial charge is 0.422 e. The van der Waals surface area contributed by atoms with Crippen molar-refractivity contribution in [1.82, 2.24) is 0 Å². The summed E-state index contributed by atoms with van der Waals surface area (Å²) in [7, 11) is 0. The fourth-order valence-corrected chi connectivity index (χ4v) is 2.08. The first-order valence-corrected chi connectivity index (χ1v) is 5.91. The molecule has 0 aliphatic carbocycles. The van der Waals surface area contributed by atoms with Crippen molar-refractivity contribution >= 4 is 23.0 Å². The SMILES string of the molecule is Cc1ccc(C(=O)Oc2ccc([N+](=O)[O-])cc2)s1. The van der Waals surface area contributed by atoms with Crippen LogP contribution in [-0.4, -0.2) is 10.9 Å². The molecule has 1 aromatic heterocycles. The summed E-state index contributed by atoms with van der Waals surface area (Å²) in [5.41, 5.74) is -0.0400. The Hall–Kier alpha value is -2.21. The minimum absolute atomic E-state index is 0.0400. The van der Waals surface area contributed by atoms with Crippen LogP contribution in [0.1, 0.15) is 14.5 Å². The first-order chi connectivity index (χ1) is 8.56. The molecule has 0 N–H and O–H groups in total. The molecule has 5 nitrogen and oxygen atoms in total. The molecule has 92 valence electrons. The Morgan fingerprint density at radius 2 is 1.89 bits per heavy atom. The van der Waals surface area contributed by atoms with E-state index in [2.05, 4.69) is 0 Å². The monoisotopic (exact) mass is 263 g/mol. The summed E-state index contributed by atoms with van der Waals surface area (Å²) < 4.78 is 5.10. The van der Waals surface area contributed by atoms with Crippen molar-refractivity contribution in [3.8, 4) is 5.75 Å². The molecule has 18 heavy (non-hydrogen) atoms. The zero-order valence-electron chi connectivity index (χ0n) is 9.45. The summed E-state index contributed by atoms with van der Waals surface area (Å²) in [6.45, 7) is 1.90. The molecule has 0 saturated carbocycles. The normalized spacial score (nSPS) is 10.1. The van der Waals surface area contributed by atoms with Crippen molar-refractivity contribution < 1.29 is 14.5 Å². The van der Waals surface area contributed by atoms with Crippen LogP contribution in [0.25, 0.3) is 0 Å². The Balaban J connectivity index is 2.10. The van der Waals surface area contributed by atoms with Crippen molar-refractivity contribution in [2.45, 2.75) is 6.92 Å². The first-order valence-electron chi connectivity index (χ1n) is 5.09. The van der Waals surface area contributed by atoms with Crippen LogP contribution in [0.2, 0.25) is 0 Å². The van der Waals surface area contributed by atoms with Crippen molar-refractivity contribution in [3.05, 3.63) is 56.3 Å². The van der Waals surface area contributed by atoms with Gasteiger partial charge in [-0.1, -0.05) is 0 Å². The maximum atomic E-state index is 11.7. The van der Waals surface area contributed by atoms with E-state index < -0.39 is 10.9 Å². The zero-order chi connectivity index (χ0) is 13.1. The van der Waals surface area contributed by atoms with E-state index in [4.69, 9.17) is 4.74 Å². The number of nitro benzene ring substituents is 1. The quantitative estimate of drug-likeness (QED) is 0.369. The third-order valence-electron chi connectivity index (χ3n) is 2.20. The number of nitro groups is 1. The molecule has 0 spiro atoms. The van der Waals surface area contributed by atoms with E-state index in [-0.39, 0.29) is 11.4 Å². The highest BCUT2D eigenvalue weighted by atomic mass is 32.1. The van der Waals surface area contributed by atoms with Gasteiger partial charge in [0.05, 0.1) is 4.92 Å². The van der Waals surface area contributed by atoms with E-state index in [1.807, 2.05) is 13.0 Å². The highest BCUT2D eigenvalue weighted by Crippen LogP contribution is 2.21. The van der Waals surface area contributed by atoms with Gasteiger partial charge in [0.2, 0.25) is 0 Å². The lowest BCUT2D eigenvalue weighted by Gasteiger charge is -2.01. The van der Waals surface area contributed by atoms with Gasteiger partial charge in [-0.2, -0.15) is 0 Å². The fraction of sp³-hybridized carbons (Fsp3) is 0.0833. The third-order valence-corrected chi connectivity index (χ3v) is 3.18. The number of benzene rings is 1. The molecular weight excluding hydrogens is 254 g/mol. The Morgan fingerprint density at radius 1 is 1.22 bits per heavy atom. The number of ether oxygens (including phenoxy) is 1. The van der Waals surface area contributed by atoms with Crippen LogP contribution < -0.4 is 4.74 Å². The molecule has 0 bridgehead atoms. The lowest BCUT2D eigenvalue weighted by atomic mass is 10.3. The Labute approximate surface area is 107 Å². The van der Waals surface area contributed by atoms with E-state index in [0.29, 0.717) is 4.88 Å². The summed E-state index contributed by atoms with van der Waals surface area (Å²) in [6, 6.07) is 8.91. The molecule has 0 aliphatic rings. The van der Waals surface area contributed by atoms with E-state index in [9.17, 15) is 14.9 Å². The lowest BCUT2D eigenvalue weighted by Crippen LogP contribution is -2.06. The van der Waals surface area contributed by atoms with Crippen LogP contribution in [0.3, 0.4) is 0 Å². The van der Waals surface area contributed by atoms with Gasteiger partial charge < -0.3 is 4.74 Å². The molecule has 1 heterocycles. The van der Waals surface area contributed by atoms with Gasteiger partial charge in [-0.25, -0.2) is 4.79 Å². The molecule has 0 aliphatic heterocycles. The van der Waals surface area contributed by atoms with Crippen LogP contribution in [0.5, 0.6) is 5.75 Å². The Kier molecular flexibility index (Phi) is 3.38. The molecule has 2 aromatic rings. The van der Waals surface area contributed by atoms with Gasteiger partial charge in [-0.3, -0.25) is 10.1 Å². The maximum Gasteiger partial charge on any atom is 0.353 e. The molecule has 0 saturated heterocycles. The average molecular weight is 263 g/mol. The molecule has 0 unspecified atom stereocenters. The third kappa shape index (κ3) is 2.72. The number of carbonyl (C=O) groups is 1. The second-order valence-electron chi connectivity index (χ2n) is 3.55. The van der Waals surface area contributed by atoms with E-state index in [1.54, 1.807) is 6.07 Å². The molecule has 6 heteroatoms. The van der Waals surface area contributed by atoms with Crippen LogP contribution >= 0.6 is 11.3 Å². The van der Waals surface area contributed by atoms with Gasteiger partial charge >= 0.3 is 5.97 Å². The van der Waals surface area contributed by atoms with Gasteiger partial charge in [0.1, 0.15) is 10.6 Å². The summed E-state index contributed by atoms with van der Waals surface area (Å²) in [6.07, 6.45) is 0. The van der Waals surface area contributed by atoms with E-state index >= 15 is 0 Å². The highest BCUT2D eigenvalue weighted by Gasteiger charge is 2.11. The Bertz CT molecular complexity index is 588. The predicted octanol–water partition coefficient (Wildman–Crippen LogP) is 3.18. The zero-order valence-corrected chi connectivity index (χ0v) is 10.3. The smallest absolute Gasteiger partial charge is 0.353 e. The van der Waals surface area contributed by atoms with Gasteiger partial charge in [0.15, 0.2) is 0 Å². The number of carbonyl (C=O) groups excluding carboxylic acids is 1. The predicted molar refractivity (Wildman–Crippen MR) is 67.1 cm³/mol. The number of thiophene rings is 1. The minimum atomic E-state index is -0.506. The summed E-state index contributed by atoms with van der Waals surface area (Å²) in [5, 5.41) is 10.5. The van der Waals surface area contributed by atoms with Gasteiger partial charge in [-0.05, 0) is 31.2 Å². The first kappa shape index (κ1) is 12.3. The molecule has 0 amide bonds. The van der Waals surface area contributed by atoms with Crippen LogP contribution in [0.15, 0.2) is 36.4 Å². The van der Waals surface area contributed by atoms with Gasteiger partial charge in [-0.15, -0.1) is 11.3 Å². The van der Waals surface area contributed by atoms with Crippen molar-refractivity contribution in [2.24, 2.45) is 0 Å². The summed E-state index contributed by atoms with van der Waals surface area (Å²) in [4.78, 5) is 23.2. The number of aryl methyl sites for hydroxylation is 1. The molecular formula is C12H9NO4S. The number of hydrogen-bond donors (Lipinski definition) is 0. The second-order valence-corrected chi connectivity index (χ2v) is 4.84. The van der Waals surface area contributed by atoms with Crippen molar-refractivity contribution in [2.75, 3.05) is 0 Å². The number of nitrogens with zero attached hydrogens (tertiary/aromatic N) is 1. The number of rotatable bonds is 3. The summed E-state index contributed by atoms with van der Waals surface area (Å²) in [5.74, 6) is -0.168. The molecule has 0 atom stereocenters. The molecule has 0 radical (unpaired) electrons. The molecule has 2 rings (SSSR count). The minimum Gasteiger partial charge on any atom is -0.422 e. The van der Waals surface area contributed by atoms with Crippen LogP contribution in [0.4, 0.5) is 5.69 Å². The molecule has 1 aromatic carbocycles. The van der Waals surface area contributed by atoms with E-state index in [1.165, 1.54) is 35.6 Å². The lowest BCUT2D eigenvalue weighted by molar-refractivity contribution is -0.384. The highest BCUT2D eigenvalue weighted by molar-refractivity contribution is 7.13. The van der Waals surface area contributed by atoms with Crippen molar-refractivity contribution in [1.29, 1.82) is 0 Å². The average Bonchev–Trinajstić information content (AvgIpc) is 2.76. The second kappa shape index (κ2) is 4.97. The van der Waals surface area contributed by atoms with Crippen molar-refractivity contribution in [3.63, 3.8) is 0 Å². The maximum absolute atomic E-state index is 11.7. The Morgan fingerprint density at radius 3 is 2.39 bits per heavy atom. The van der Waals surface area contributed by atoms with Gasteiger partial charge in [0.25, 0.3) is 5.69 Å². The topological polar surface area (TPSA) is 69.4 Å². The number of esters is 1.